The zero-order valence-corrected chi connectivity index (χ0v) is 10.6. The molecule has 1 unspecified atom stereocenters. The number of hydrogen-bond donors (Lipinski definition) is 2. The Hall–Kier alpha value is -1.99. The highest BCUT2D eigenvalue weighted by Crippen LogP contribution is 2.17. The van der Waals surface area contributed by atoms with Crippen LogP contribution in [0.3, 0.4) is 0 Å². The zero-order chi connectivity index (χ0) is 13.5. The minimum Gasteiger partial charge on any atom is -0.497 e. The summed E-state index contributed by atoms with van der Waals surface area (Å²) in [5, 5.41) is 2.82. The fraction of sp³-hybridized carbons (Fsp3) is 0.357. The number of nitrogens with two attached hydrogens (primary N) is 1. The van der Waals surface area contributed by atoms with Crippen LogP contribution in [-0.4, -0.2) is 19.1 Å². The van der Waals surface area contributed by atoms with Crippen LogP contribution in [0.15, 0.2) is 24.3 Å². The largest absolute Gasteiger partial charge is 0.497 e. The van der Waals surface area contributed by atoms with Crippen LogP contribution >= 0.6 is 0 Å². The minimum atomic E-state index is -0.657. The van der Waals surface area contributed by atoms with Crippen LogP contribution < -0.4 is 15.8 Å². The molecule has 0 saturated carbocycles. The first kappa shape index (κ1) is 14.1. The Balaban J connectivity index is 2.61. The molecule has 3 N–H and O–H groups in total. The molecular formula is C14H18N2O2. The molecule has 0 aliphatic heterocycles. The molecule has 0 spiro atoms. The summed E-state index contributed by atoms with van der Waals surface area (Å²) in [4.78, 5) is 11.7. The van der Waals surface area contributed by atoms with E-state index in [4.69, 9.17) is 16.9 Å². The van der Waals surface area contributed by atoms with Crippen molar-refractivity contribution in [3.8, 4) is 18.1 Å². The normalized spacial score (nSPS) is 13.2. The molecular weight excluding hydrogens is 228 g/mol. The van der Waals surface area contributed by atoms with Gasteiger partial charge in [-0.25, -0.2) is 0 Å². The molecule has 0 fully saturated rings. The number of ether oxygens (including phenoxy) is 1. The molecule has 96 valence electrons. The Morgan fingerprint density at radius 2 is 2.11 bits per heavy atom. The second-order valence-electron chi connectivity index (χ2n) is 4.02. The van der Waals surface area contributed by atoms with Gasteiger partial charge in [0, 0.05) is 6.42 Å². The monoisotopic (exact) mass is 246 g/mol. The van der Waals surface area contributed by atoms with Gasteiger partial charge >= 0.3 is 0 Å². The quantitative estimate of drug-likeness (QED) is 0.768. The van der Waals surface area contributed by atoms with Gasteiger partial charge in [-0.05, 0) is 24.6 Å². The first-order valence-corrected chi connectivity index (χ1v) is 5.72. The van der Waals surface area contributed by atoms with E-state index in [1.807, 2.05) is 31.2 Å². The Morgan fingerprint density at radius 3 is 2.61 bits per heavy atom. The number of benzene rings is 1. The van der Waals surface area contributed by atoms with Crippen LogP contribution in [0.2, 0.25) is 0 Å². The minimum absolute atomic E-state index is 0.118. The molecule has 1 aromatic carbocycles. The maximum Gasteiger partial charge on any atom is 0.238 e. The fourth-order valence-corrected chi connectivity index (χ4v) is 1.52. The van der Waals surface area contributed by atoms with Gasteiger partial charge in [0.25, 0.3) is 0 Å². The van der Waals surface area contributed by atoms with Gasteiger partial charge in [-0.1, -0.05) is 12.1 Å². The van der Waals surface area contributed by atoms with Crippen molar-refractivity contribution in [1.29, 1.82) is 0 Å². The number of hydrogen-bond acceptors (Lipinski definition) is 3. The van der Waals surface area contributed by atoms with Crippen LogP contribution in [-0.2, 0) is 4.79 Å². The molecule has 2 atom stereocenters. The van der Waals surface area contributed by atoms with E-state index < -0.39 is 6.04 Å². The third-order valence-electron chi connectivity index (χ3n) is 2.65. The number of carbonyl (C=O) groups excluding carboxylic acids is 1. The van der Waals surface area contributed by atoms with Crippen molar-refractivity contribution >= 4 is 5.91 Å². The molecule has 0 radical (unpaired) electrons. The van der Waals surface area contributed by atoms with Gasteiger partial charge in [0.1, 0.15) is 5.75 Å². The smallest absolute Gasteiger partial charge is 0.238 e. The van der Waals surface area contributed by atoms with Crippen LogP contribution in [0.4, 0.5) is 0 Å². The highest BCUT2D eigenvalue weighted by molar-refractivity contribution is 5.82. The molecule has 4 heteroatoms. The highest BCUT2D eigenvalue weighted by Gasteiger charge is 2.15. The van der Waals surface area contributed by atoms with Crippen LogP contribution in [0.5, 0.6) is 5.75 Å². The summed E-state index contributed by atoms with van der Waals surface area (Å²) in [7, 11) is 1.61. The number of methoxy groups -OCH3 is 1. The lowest BCUT2D eigenvalue weighted by Gasteiger charge is -2.17. The Labute approximate surface area is 108 Å². The number of carbonyl (C=O) groups is 1. The molecule has 0 aliphatic carbocycles. The van der Waals surface area contributed by atoms with Crippen molar-refractivity contribution in [2.24, 2.45) is 5.73 Å². The zero-order valence-electron chi connectivity index (χ0n) is 10.6. The van der Waals surface area contributed by atoms with Crippen molar-refractivity contribution in [2.75, 3.05) is 7.11 Å². The van der Waals surface area contributed by atoms with Crippen molar-refractivity contribution in [2.45, 2.75) is 25.4 Å². The third-order valence-corrected chi connectivity index (χ3v) is 2.65. The number of amides is 1. The van der Waals surface area contributed by atoms with Gasteiger partial charge in [-0.15, -0.1) is 12.3 Å². The molecule has 18 heavy (non-hydrogen) atoms. The molecule has 4 nitrogen and oxygen atoms in total. The van der Waals surface area contributed by atoms with E-state index >= 15 is 0 Å². The van der Waals surface area contributed by atoms with Gasteiger partial charge in [0.2, 0.25) is 5.91 Å². The van der Waals surface area contributed by atoms with Crippen LogP contribution in [0.25, 0.3) is 0 Å². The molecule has 0 bridgehead atoms. The summed E-state index contributed by atoms with van der Waals surface area (Å²) in [5.74, 6) is 2.91. The molecule has 0 aliphatic rings. The lowest BCUT2D eigenvalue weighted by molar-refractivity contribution is -0.122. The van der Waals surface area contributed by atoms with Gasteiger partial charge < -0.3 is 15.8 Å². The number of rotatable bonds is 5. The summed E-state index contributed by atoms with van der Waals surface area (Å²) in [6.45, 7) is 1.89. The standard InChI is InChI=1S/C14H18N2O2/c1-4-5-13(15)14(17)16-10(2)11-6-8-12(18-3)9-7-11/h1,6-10,13H,5,15H2,2-3H3,(H,16,17)/t10-,13?/m1/s1. The van der Waals surface area contributed by atoms with E-state index in [0.717, 1.165) is 11.3 Å². The molecule has 1 rings (SSSR count). The fourth-order valence-electron chi connectivity index (χ4n) is 1.52. The first-order valence-electron chi connectivity index (χ1n) is 5.72. The molecule has 0 heterocycles. The van der Waals surface area contributed by atoms with E-state index in [1.165, 1.54) is 0 Å². The van der Waals surface area contributed by atoms with Crippen molar-refractivity contribution in [1.82, 2.24) is 5.32 Å². The topological polar surface area (TPSA) is 64.4 Å². The summed E-state index contributed by atoms with van der Waals surface area (Å²) < 4.78 is 5.07. The Morgan fingerprint density at radius 1 is 1.50 bits per heavy atom. The van der Waals surface area contributed by atoms with Crippen molar-refractivity contribution in [3.05, 3.63) is 29.8 Å². The summed E-state index contributed by atoms with van der Waals surface area (Å²) in [6, 6.07) is 6.72. The molecule has 1 amide bonds. The lowest BCUT2D eigenvalue weighted by Crippen LogP contribution is -2.41. The SMILES string of the molecule is C#CCC(N)C(=O)N[C@H](C)c1ccc(OC)cc1. The van der Waals surface area contributed by atoms with E-state index in [0.29, 0.717) is 0 Å². The van der Waals surface area contributed by atoms with E-state index in [9.17, 15) is 4.79 Å². The highest BCUT2D eigenvalue weighted by atomic mass is 16.5. The lowest BCUT2D eigenvalue weighted by atomic mass is 10.1. The van der Waals surface area contributed by atoms with E-state index in [-0.39, 0.29) is 18.4 Å². The summed E-state index contributed by atoms with van der Waals surface area (Å²) in [5.41, 5.74) is 6.61. The van der Waals surface area contributed by atoms with E-state index in [1.54, 1.807) is 7.11 Å². The van der Waals surface area contributed by atoms with Gasteiger partial charge in [-0.3, -0.25) is 4.79 Å². The van der Waals surface area contributed by atoms with Crippen LogP contribution in [0.1, 0.15) is 24.9 Å². The molecule has 0 saturated heterocycles. The molecule has 0 aromatic heterocycles. The maximum absolute atomic E-state index is 11.7. The average molecular weight is 246 g/mol. The Bertz CT molecular complexity index is 434. The maximum atomic E-state index is 11.7. The number of terminal acetylenes is 1. The van der Waals surface area contributed by atoms with Crippen molar-refractivity contribution < 1.29 is 9.53 Å². The second-order valence-corrected chi connectivity index (χ2v) is 4.02. The first-order chi connectivity index (χ1) is 8.58. The summed E-state index contributed by atoms with van der Waals surface area (Å²) in [6.07, 6.45) is 5.35. The third kappa shape index (κ3) is 3.79. The van der Waals surface area contributed by atoms with Crippen molar-refractivity contribution in [3.63, 3.8) is 0 Å². The Kier molecular flexibility index (Phi) is 5.22. The second kappa shape index (κ2) is 6.67. The van der Waals surface area contributed by atoms with Crippen LogP contribution in [0, 0.1) is 12.3 Å². The predicted octanol–water partition coefficient (Wildman–Crippen LogP) is 1.22. The van der Waals surface area contributed by atoms with Gasteiger partial charge in [-0.2, -0.15) is 0 Å². The number of nitrogens with one attached hydrogen (secondary N) is 1. The summed E-state index contributed by atoms with van der Waals surface area (Å²) >= 11 is 0. The average Bonchev–Trinajstić information content (AvgIpc) is 2.39. The van der Waals surface area contributed by atoms with E-state index in [2.05, 4.69) is 11.2 Å². The van der Waals surface area contributed by atoms with Gasteiger partial charge in [0.15, 0.2) is 0 Å². The molecule has 1 aromatic rings. The predicted molar refractivity (Wildman–Crippen MR) is 71.0 cm³/mol. The van der Waals surface area contributed by atoms with Gasteiger partial charge in [0.05, 0.1) is 19.2 Å².